The number of halogens is 2. The van der Waals surface area contributed by atoms with Crippen molar-refractivity contribution < 1.29 is 44.8 Å². The summed E-state index contributed by atoms with van der Waals surface area (Å²) < 4.78 is 1.33. The Kier molecular flexibility index (Phi) is 20.0. The summed E-state index contributed by atoms with van der Waals surface area (Å²) in [6.07, 6.45) is 25.1. The molecule has 0 spiro atoms. The van der Waals surface area contributed by atoms with Crippen LogP contribution in [0, 0.1) is 12.2 Å². The average molecular weight is 527 g/mol. The zero-order chi connectivity index (χ0) is 22.9. The predicted octanol–water partition coefficient (Wildman–Crippen LogP) is 2.54. The summed E-state index contributed by atoms with van der Waals surface area (Å²) in [6.45, 7) is 4.44. The minimum absolute atomic E-state index is 0. The topological polar surface area (TPSA) is 0 Å². The van der Waals surface area contributed by atoms with Gasteiger partial charge in [0.1, 0.15) is 0 Å². The van der Waals surface area contributed by atoms with Gasteiger partial charge in [0.05, 0.1) is 0 Å². The van der Waals surface area contributed by atoms with E-state index in [-0.39, 0.29) is 24.8 Å². The fourth-order valence-electron chi connectivity index (χ4n) is 3.35. The molecule has 4 rings (SSSR count). The van der Waals surface area contributed by atoms with Gasteiger partial charge in [0.25, 0.3) is 0 Å². The average Bonchev–Trinajstić information content (AvgIpc) is 3.57. The van der Waals surface area contributed by atoms with Gasteiger partial charge in [0.2, 0.25) is 0 Å². The van der Waals surface area contributed by atoms with Crippen molar-refractivity contribution in [2.45, 2.75) is 65.2 Å². The van der Waals surface area contributed by atoms with Gasteiger partial charge in [-0.2, -0.15) is 12.2 Å². The van der Waals surface area contributed by atoms with Gasteiger partial charge in [-0.25, -0.2) is 23.3 Å². The Hall–Kier alpha value is -1.44. The normalized spacial score (nSPS) is 12.7. The summed E-state index contributed by atoms with van der Waals surface area (Å²) in [7, 11) is 0. The van der Waals surface area contributed by atoms with Gasteiger partial charge in [-0.15, -0.1) is 12.8 Å². The minimum atomic E-state index is 0. The van der Waals surface area contributed by atoms with Gasteiger partial charge in [0, 0.05) is 0 Å². The van der Waals surface area contributed by atoms with Crippen LogP contribution >= 0.6 is 0 Å². The zero-order valence-corrected chi connectivity index (χ0v) is 23.6. The second-order valence-electron chi connectivity index (χ2n) is 7.93. The Morgan fingerprint density at radius 1 is 0.676 bits per heavy atom. The van der Waals surface area contributed by atoms with Gasteiger partial charge in [-0.3, -0.25) is 12.2 Å². The van der Waals surface area contributed by atoms with Crippen LogP contribution in [0.15, 0.2) is 96.1 Å². The molecule has 0 aliphatic heterocycles. The molecule has 0 unspecified atom stereocenters. The van der Waals surface area contributed by atoms with Crippen molar-refractivity contribution in [2.75, 3.05) is 0 Å². The van der Waals surface area contributed by atoms with Crippen molar-refractivity contribution in [3.8, 4) is 0 Å². The van der Waals surface area contributed by atoms with E-state index in [0.717, 1.165) is 12.8 Å². The molecule has 0 atom stereocenters. The molecule has 0 bridgehead atoms. The molecule has 2 aliphatic rings. The second kappa shape index (κ2) is 20.9. The molecular weight excluding hydrogens is 491 g/mol. The summed E-state index contributed by atoms with van der Waals surface area (Å²) in [4.78, 5) is 0. The van der Waals surface area contributed by atoms with E-state index in [4.69, 9.17) is 0 Å². The van der Waals surface area contributed by atoms with Crippen LogP contribution in [0.5, 0.6) is 0 Å². The molecule has 0 fully saturated rings. The number of hydrogen-bond donors (Lipinski definition) is 0. The van der Waals surface area contributed by atoms with E-state index in [1.807, 2.05) is 12.1 Å². The third-order valence-electron chi connectivity index (χ3n) is 5.26. The third-order valence-corrected chi connectivity index (χ3v) is 6.16. The van der Waals surface area contributed by atoms with Crippen LogP contribution in [0.4, 0.5) is 0 Å². The van der Waals surface area contributed by atoms with Gasteiger partial charge < -0.3 is 24.8 Å². The van der Waals surface area contributed by atoms with Crippen molar-refractivity contribution in [3.05, 3.63) is 119 Å². The quantitative estimate of drug-likeness (QED) is 0.366. The Morgan fingerprint density at radius 3 is 1.35 bits per heavy atom. The molecule has 34 heavy (non-hydrogen) atoms. The molecule has 0 aromatic heterocycles. The summed E-state index contributed by atoms with van der Waals surface area (Å²) in [5, 5.41) is 0. The number of allylic oxidation sites excluding steroid dienone is 8. The Labute approximate surface area is 232 Å². The zero-order valence-electron chi connectivity index (χ0n) is 20.5. The van der Waals surface area contributed by atoms with Crippen LogP contribution < -0.4 is 24.8 Å². The van der Waals surface area contributed by atoms with E-state index in [1.165, 1.54) is 64.6 Å². The van der Waals surface area contributed by atoms with Crippen molar-refractivity contribution in [2.24, 2.45) is 0 Å². The first kappa shape index (κ1) is 32.6. The van der Waals surface area contributed by atoms with Crippen molar-refractivity contribution >= 4 is 3.81 Å². The monoisotopic (exact) mass is 526 g/mol. The fourth-order valence-corrected chi connectivity index (χ4v) is 3.87. The van der Waals surface area contributed by atoms with E-state index in [9.17, 15) is 0 Å². The van der Waals surface area contributed by atoms with Crippen molar-refractivity contribution in [3.63, 3.8) is 0 Å². The van der Waals surface area contributed by atoms with Crippen molar-refractivity contribution in [1.82, 2.24) is 0 Å². The van der Waals surface area contributed by atoms with Crippen LogP contribution in [-0.4, -0.2) is 3.81 Å². The molecule has 2 aliphatic carbocycles. The molecule has 0 saturated carbocycles. The number of benzene rings is 2. The Morgan fingerprint density at radius 2 is 1.06 bits per heavy atom. The van der Waals surface area contributed by atoms with Crippen molar-refractivity contribution in [1.29, 1.82) is 0 Å². The standard InChI is InChI=1S/C13H10.2C9H13.2ClH.Ti/c1-3-7-12(8-4-1)11-13-9-5-2-6-10-13;2*1-2-3-6-9-7-4-5-8-9;;;/h1-10H;2*4,7H,2-3,5-6H2,1H3;2*1H;/q;2*-1;;;+2/p-2. The van der Waals surface area contributed by atoms with E-state index in [0.29, 0.717) is 0 Å². The second-order valence-corrected chi connectivity index (χ2v) is 8.71. The molecule has 3 heteroatoms. The molecule has 0 amide bonds. The maximum atomic E-state index is 3.30. The van der Waals surface area contributed by atoms with Crippen LogP contribution in [0.25, 0.3) is 0 Å². The molecule has 2 aromatic carbocycles. The number of rotatable bonds is 8. The van der Waals surface area contributed by atoms with Crippen LogP contribution in [0.3, 0.4) is 0 Å². The molecule has 0 nitrogen and oxygen atoms in total. The Bertz CT molecular complexity index is 833. The summed E-state index contributed by atoms with van der Waals surface area (Å²) in [6, 6.07) is 20.9. The first-order valence-electron chi connectivity index (χ1n) is 12.0. The summed E-state index contributed by atoms with van der Waals surface area (Å²) in [5.74, 6) is 0. The van der Waals surface area contributed by atoms with Gasteiger partial charge >= 0.3 is 95.6 Å². The third kappa shape index (κ3) is 13.5. The van der Waals surface area contributed by atoms with E-state index < -0.39 is 0 Å². The van der Waals surface area contributed by atoms with Crippen LogP contribution in [0.2, 0.25) is 0 Å². The van der Waals surface area contributed by atoms with Gasteiger partial charge in [0.15, 0.2) is 0 Å². The number of hydrogen-bond acceptors (Lipinski definition) is 0. The molecule has 0 saturated heterocycles. The van der Waals surface area contributed by atoms with E-state index in [1.54, 1.807) is 0 Å². The SMILES string of the molecule is CCCCC1=[C-]CC=C1.CCCCC1=[C-]CC=C1.[Cl-].[Cl-].[Ti+2]=[C](c1ccccc1)c1ccccc1. The Balaban J connectivity index is 0.000000485. The van der Waals surface area contributed by atoms with Crippen LogP contribution in [-0.2, 0) is 20.0 Å². The molecule has 0 radical (unpaired) electrons. The number of unbranched alkanes of at least 4 members (excludes halogenated alkanes) is 2. The molecule has 180 valence electrons. The van der Waals surface area contributed by atoms with E-state index >= 15 is 0 Å². The molecule has 0 heterocycles. The van der Waals surface area contributed by atoms with Gasteiger partial charge in [-0.1, -0.05) is 52.4 Å². The first-order valence-corrected chi connectivity index (χ1v) is 12.7. The first-order chi connectivity index (χ1) is 15.7. The molecular formula is C31H36Cl2Ti-2. The molecule has 2 aromatic rings. The van der Waals surface area contributed by atoms with Crippen LogP contribution in [0.1, 0.15) is 76.3 Å². The molecule has 0 N–H and O–H groups in total. The predicted molar refractivity (Wildman–Crippen MR) is 136 cm³/mol. The maximum absolute atomic E-state index is 3.30. The fraction of sp³-hybridized carbons (Fsp3) is 0.323. The van der Waals surface area contributed by atoms with Gasteiger partial charge in [-0.05, 0) is 0 Å². The summed E-state index contributed by atoms with van der Waals surface area (Å²) in [5.41, 5.74) is 5.41. The van der Waals surface area contributed by atoms with E-state index in [2.05, 4.69) is 119 Å². The summed E-state index contributed by atoms with van der Waals surface area (Å²) >= 11 is 2.16.